The molecule has 2 heterocycles. The second-order valence-corrected chi connectivity index (χ2v) is 5.67. The number of aromatic nitrogens is 2. The molecular weight excluding hydrogens is 285 g/mol. The van der Waals surface area contributed by atoms with Crippen LogP contribution in [-0.2, 0) is 6.42 Å². The molecule has 2 N–H and O–H groups in total. The lowest BCUT2D eigenvalue weighted by Crippen LogP contribution is -2.47. The minimum atomic E-state index is -0.608. The van der Waals surface area contributed by atoms with Gasteiger partial charge >= 0.3 is 0 Å². The van der Waals surface area contributed by atoms with Crippen molar-refractivity contribution in [3.63, 3.8) is 0 Å². The highest BCUT2D eigenvalue weighted by atomic mass is 19.1. The first-order chi connectivity index (χ1) is 10.6. The molecule has 1 aromatic carbocycles. The SMILES string of the molecule is O=C(c1ccn[nH]1)N1CC[C@H](Cc2cccc(F)c2)[C@@H](O)C1. The van der Waals surface area contributed by atoms with Crippen LogP contribution in [0.2, 0.25) is 0 Å². The fourth-order valence-corrected chi connectivity index (χ4v) is 2.91. The van der Waals surface area contributed by atoms with Gasteiger partial charge in [-0.05, 0) is 42.5 Å². The van der Waals surface area contributed by atoms with Gasteiger partial charge in [0.1, 0.15) is 11.5 Å². The van der Waals surface area contributed by atoms with Gasteiger partial charge in [-0.15, -0.1) is 0 Å². The number of rotatable bonds is 3. The maximum Gasteiger partial charge on any atom is 0.271 e. The number of aliphatic hydroxyl groups excluding tert-OH is 1. The second-order valence-electron chi connectivity index (χ2n) is 5.67. The molecule has 1 saturated heterocycles. The highest BCUT2D eigenvalue weighted by Crippen LogP contribution is 2.23. The van der Waals surface area contributed by atoms with E-state index >= 15 is 0 Å². The third-order valence-corrected chi connectivity index (χ3v) is 4.13. The van der Waals surface area contributed by atoms with Crippen molar-refractivity contribution in [1.82, 2.24) is 15.1 Å². The van der Waals surface area contributed by atoms with Crippen molar-refractivity contribution in [3.05, 3.63) is 53.6 Å². The minimum absolute atomic E-state index is 0.0348. The molecule has 0 spiro atoms. The summed E-state index contributed by atoms with van der Waals surface area (Å²) in [6.45, 7) is 0.868. The lowest BCUT2D eigenvalue weighted by Gasteiger charge is -2.35. The molecular formula is C16H18FN3O2. The van der Waals surface area contributed by atoms with E-state index in [0.29, 0.717) is 25.1 Å². The standard InChI is InChI=1S/C16H18FN3O2/c17-13-3-1-2-11(9-13)8-12-5-7-20(10-15(12)21)16(22)14-4-6-18-19-14/h1-4,6,9,12,15,21H,5,7-8,10H2,(H,18,19)/t12-,15+/m1/s1. The van der Waals surface area contributed by atoms with Crippen LogP contribution in [0.5, 0.6) is 0 Å². The Labute approximate surface area is 127 Å². The summed E-state index contributed by atoms with van der Waals surface area (Å²) in [5.74, 6) is -0.382. The number of carbonyl (C=O) groups excluding carboxylic acids is 1. The van der Waals surface area contributed by atoms with Crippen molar-refractivity contribution >= 4 is 5.91 Å². The molecule has 0 saturated carbocycles. The predicted molar refractivity (Wildman–Crippen MR) is 78.7 cm³/mol. The number of aromatic amines is 1. The molecule has 2 atom stereocenters. The zero-order valence-electron chi connectivity index (χ0n) is 12.1. The molecule has 1 aliphatic heterocycles. The van der Waals surface area contributed by atoms with Gasteiger partial charge in [-0.3, -0.25) is 9.89 Å². The zero-order valence-corrected chi connectivity index (χ0v) is 12.1. The third kappa shape index (κ3) is 3.17. The summed E-state index contributed by atoms with van der Waals surface area (Å²) in [6, 6.07) is 8.06. The molecule has 6 heteroatoms. The van der Waals surface area contributed by atoms with E-state index < -0.39 is 6.10 Å². The quantitative estimate of drug-likeness (QED) is 0.905. The van der Waals surface area contributed by atoms with Gasteiger partial charge in [0.25, 0.3) is 5.91 Å². The van der Waals surface area contributed by atoms with Crippen molar-refractivity contribution in [2.24, 2.45) is 5.92 Å². The highest BCUT2D eigenvalue weighted by molar-refractivity contribution is 5.92. The fraction of sp³-hybridized carbons (Fsp3) is 0.375. The van der Waals surface area contributed by atoms with Crippen LogP contribution in [0.4, 0.5) is 4.39 Å². The first-order valence-corrected chi connectivity index (χ1v) is 7.34. The molecule has 5 nitrogen and oxygen atoms in total. The summed E-state index contributed by atoms with van der Waals surface area (Å²) in [5, 5.41) is 16.7. The topological polar surface area (TPSA) is 69.2 Å². The summed E-state index contributed by atoms with van der Waals surface area (Å²) in [4.78, 5) is 13.8. The number of hydrogen-bond acceptors (Lipinski definition) is 3. The van der Waals surface area contributed by atoms with E-state index in [1.807, 2.05) is 6.07 Å². The Morgan fingerprint density at radius 3 is 3.00 bits per heavy atom. The number of amides is 1. The highest BCUT2D eigenvalue weighted by Gasteiger charge is 2.31. The molecule has 2 aromatic rings. The van der Waals surface area contributed by atoms with E-state index in [0.717, 1.165) is 5.56 Å². The van der Waals surface area contributed by atoms with E-state index in [1.54, 1.807) is 17.0 Å². The van der Waals surface area contributed by atoms with Crippen molar-refractivity contribution in [2.75, 3.05) is 13.1 Å². The van der Waals surface area contributed by atoms with Gasteiger partial charge in [-0.2, -0.15) is 5.10 Å². The summed E-state index contributed by atoms with van der Waals surface area (Å²) in [5.41, 5.74) is 1.30. The molecule has 0 aliphatic carbocycles. The van der Waals surface area contributed by atoms with Gasteiger partial charge in [0, 0.05) is 19.3 Å². The molecule has 0 unspecified atom stereocenters. The second kappa shape index (κ2) is 6.27. The summed E-state index contributed by atoms with van der Waals surface area (Å²) < 4.78 is 13.2. The van der Waals surface area contributed by atoms with Gasteiger partial charge in [0.05, 0.1) is 6.10 Å². The first kappa shape index (κ1) is 14.7. The van der Waals surface area contributed by atoms with Crippen LogP contribution in [0.15, 0.2) is 36.5 Å². The number of aliphatic hydroxyl groups is 1. The van der Waals surface area contributed by atoms with Crippen LogP contribution in [0, 0.1) is 11.7 Å². The van der Waals surface area contributed by atoms with E-state index in [1.165, 1.54) is 18.3 Å². The van der Waals surface area contributed by atoms with Crippen molar-refractivity contribution in [3.8, 4) is 0 Å². The van der Waals surface area contributed by atoms with Crippen LogP contribution in [0.1, 0.15) is 22.5 Å². The number of likely N-dealkylation sites (tertiary alicyclic amines) is 1. The number of β-amino-alcohol motifs (C(OH)–C–C–N with tert-alkyl or cyclic N) is 1. The number of nitrogens with one attached hydrogen (secondary N) is 1. The van der Waals surface area contributed by atoms with Crippen molar-refractivity contribution in [1.29, 1.82) is 0 Å². The number of nitrogens with zero attached hydrogens (tertiary/aromatic N) is 2. The average molecular weight is 303 g/mol. The van der Waals surface area contributed by atoms with Crippen LogP contribution in [-0.4, -0.2) is 45.3 Å². The van der Waals surface area contributed by atoms with Crippen LogP contribution >= 0.6 is 0 Å². The van der Waals surface area contributed by atoms with Gasteiger partial charge < -0.3 is 10.0 Å². The molecule has 1 aromatic heterocycles. The zero-order chi connectivity index (χ0) is 15.5. The maximum absolute atomic E-state index is 13.2. The summed E-state index contributed by atoms with van der Waals surface area (Å²) >= 11 is 0. The van der Waals surface area contributed by atoms with Gasteiger partial charge in [-0.1, -0.05) is 12.1 Å². The number of H-pyrrole nitrogens is 1. The Morgan fingerprint density at radius 2 is 2.32 bits per heavy atom. The van der Waals surface area contributed by atoms with E-state index in [-0.39, 0.29) is 24.2 Å². The molecule has 1 aliphatic rings. The summed E-state index contributed by atoms with van der Waals surface area (Å²) in [6.07, 6.45) is 2.23. The van der Waals surface area contributed by atoms with Crippen LogP contribution in [0.3, 0.4) is 0 Å². The Morgan fingerprint density at radius 1 is 1.45 bits per heavy atom. The number of hydrogen-bond donors (Lipinski definition) is 2. The van der Waals surface area contributed by atoms with Gasteiger partial charge in [0.2, 0.25) is 0 Å². The smallest absolute Gasteiger partial charge is 0.271 e. The van der Waals surface area contributed by atoms with E-state index in [2.05, 4.69) is 10.2 Å². The van der Waals surface area contributed by atoms with Gasteiger partial charge in [-0.25, -0.2) is 4.39 Å². The Bertz CT molecular complexity index is 645. The number of halogens is 1. The monoisotopic (exact) mass is 303 g/mol. The lowest BCUT2D eigenvalue weighted by atomic mass is 9.87. The molecule has 116 valence electrons. The van der Waals surface area contributed by atoms with Crippen LogP contribution < -0.4 is 0 Å². The molecule has 1 fully saturated rings. The third-order valence-electron chi connectivity index (χ3n) is 4.13. The number of carbonyl (C=O) groups is 1. The van der Waals surface area contributed by atoms with Crippen molar-refractivity contribution in [2.45, 2.75) is 18.9 Å². The van der Waals surface area contributed by atoms with Crippen LogP contribution in [0.25, 0.3) is 0 Å². The molecule has 0 bridgehead atoms. The Kier molecular flexibility index (Phi) is 4.20. The maximum atomic E-state index is 13.2. The number of benzene rings is 1. The Hall–Kier alpha value is -2.21. The number of piperidine rings is 1. The molecule has 0 radical (unpaired) electrons. The predicted octanol–water partition coefficient (Wildman–Crippen LogP) is 1.61. The van der Waals surface area contributed by atoms with E-state index in [9.17, 15) is 14.3 Å². The first-order valence-electron chi connectivity index (χ1n) is 7.34. The Balaban J connectivity index is 1.61. The summed E-state index contributed by atoms with van der Waals surface area (Å²) in [7, 11) is 0. The molecule has 1 amide bonds. The van der Waals surface area contributed by atoms with Crippen molar-refractivity contribution < 1.29 is 14.3 Å². The fourth-order valence-electron chi connectivity index (χ4n) is 2.91. The molecule has 22 heavy (non-hydrogen) atoms. The van der Waals surface area contributed by atoms with Gasteiger partial charge in [0.15, 0.2) is 0 Å². The largest absolute Gasteiger partial charge is 0.391 e. The lowest BCUT2D eigenvalue weighted by molar-refractivity contribution is 0.0194. The minimum Gasteiger partial charge on any atom is -0.391 e. The molecule has 3 rings (SSSR count). The average Bonchev–Trinajstić information content (AvgIpc) is 3.03. The normalized spacial score (nSPS) is 21.8. The van der Waals surface area contributed by atoms with E-state index in [4.69, 9.17) is 0 Å².